The molecule has 0 bridgehead atoms. The Morgan fingerprint density at radius 3 is 2.88 bits per heavy atom. The van der Waals surface area contributed by atoms with Crippen LogP contribution < -0.4 is 5.73 Å². The highest BCUT2D eigenvalue weighted by Gasteiger charge is 2.21. The van der Waals surface area contributed by atoms with Gasteiger partial charge < -0.3 is 24.7 Å². The molecule has 17 heavy (non-hydrogen) atoms. The first-order valence-electron chi connectivity index (χ1n) is 5.63. The zero-order valence-corrected chi connectivity index (χ0v) is 9.58. The fraction of sp³-hybridized carbons (Fsp3) is 0.500. The zero-order chi connectivity index (χ0) is 11.9. The molecule has 0 aromatic carbocycles. The molecule has 0 amide bonds. The van der Waals surface area contributed by atoms with E-state index in [4.69, 9.17) is 24.7 Å². The van der Waals surface area contributed by atoms with Gasteiger partial charge in [0.05, 0.1) is 19.8 Å². The average Bonchev–Trinajstić information content (AvgIpc) is 2.31. The summed E-state index contributed by atoms with van der Waals surface area (Å²) in [5.74, 6) is 0. The first kappa shape index (κ1) is 12.0. The molecule has 94 valence electrons. The van der Waals surface area contributed by atoms with Crippen LogP contribution in [0.1, 0.15) is 0 Å². The number of ether oxygens (including phenoxy) is 4. The molecule has 0 radical (unpaired) electrons. The van der Waals surface area contributed by atoms with Crippen molar-refractivity contribution in [1.82, 2.24) is 0 Å². The van der Waals surface area contributed by atoms with Gasteiger partial charge in [0.25, 0.3) is 0 Å². The minimum atomic E-state index is -0.187. The third kappa shape index (κ3) is 3.80. The van der Waals surface area contributed by atoms with Crippen LogP contribution in [-0.2, 0) is 18.9 Å². The summed E-state index contributed by atoms with van der Waals surface area (Å²) in [6.07, 6.45) is 8.18. The fourth-order valence-corrected chi connectivity index (χ4v) is 1.60. The topological polar surface area (TPSA) is 62.9 Å². The Morgan fingerprint density at radius 1 is 1.06 bits per heavy atom. The fourth-order valence-electron chi connectivity index (χ4n) is 1.60. The molecule has 2 rings (SSSR count). The Morgan fingerprint density at radius 2 is 1.94 bits per heavy atom. The molecule has 0 fully saturated rings. The maximum Gasteiger partial charge on any atom is 0.146 e. The van der Waals surface area contributed by atoms with Gasteiger partial charge >= 0.3 is 0 Å². The summed E-state index contributed by atoms with van der Waals surface area (Å²) in [6, 6.07) is 0. The molecular weight excluding hydrogens is 222 g/mol. The molecule has 1 aliphatic carbocycles. The number of hydrogen-bond donors (Lipinski definition) is 1. The van der Waals surface area contributed by atoms with E-state index in [9.17, 15) is 0 Å². The van der Waals surface area contributed by atoms with Gasteiger partial charge in [-0.05, 0) is 18.2 Å². The first-order chi connectivity index (χ1) is 8.36. The van der Waals surface area contributed by atoms with E-state index in [1.165, 1.54) is 12.5 Å². The van der Waals surface area contributed by atoms with Crippen LogP contribution in [0.5, 0.6) is 0 Å². The van der Waals surface area contributed by atoms with E-state index in [0.29, 0.717) is 32.1 Å². The summed E-state index contributed by atoms with van der Waals surface area (Å²) in [5, 5.41) is 0. The second-order valence-corrected chi connectivity index (χ2v) is 3.72. The van der Waals surface area contributed by atoms with Crippen LogP contribution in [-0.4, -0.2) is 38.6 Å². The monoisotopic (exact) mass is 239 g/mol. The Kier molecular flexibility index (Phi) is 4.46. The predicted molar refractivity (Wildman–Crippen MR) is 61.9 cm³/mol. The molecule has 0 saturated carbocycles. The Labute approximate surface area is 100 Å². The minimum absolute atomic E-state index is 0.179. The van der Waals surface area contributed by atoms with Crippen molar-refractivity contribution in [2.45, 2.75) is 12.2 Å². The number of rotatable bonds is 0. The molecule has 0 aromatic rings. The lowest BCUT2D eigenvalue weighted by Crippen LogP contribution is -2.31. The Hall–Kier alpha value is -1.46. The van der Waals surface area contributed by atoms with Gasteiger partial charge in [-0.1, -0.05) is 0 Å². The molecule has 2 N–H and O–H groups in total. The summed E-state index contributed by atoms with van der Waals surface area (Å²) in [6.45, 7) is 2.09. The van der Waals surface area contributed by atoms with Crippen molar-refractivity contribution in [3.8, 4) is 0 Å². The SMILES string of the molecule is NC1=CC2OCCOCCO/C=C\OC2C=C1. The summed E-state index contributed by atoms with van der Waals surface area (Å²) < 4.78 is 21.7. The van der Waals surface area contributed by atoms with E-state index >= 15 is 0 Å². The quantitative estimate of drug-likeness (QED) is 0.673. The molecule has 2 atom stereocenters. The Bertz CT molecular complexity index is 324. The van der Waals surface area contributed by atoms with Crippen LogP contribution in [0.15, 0.2) is 36.4 Å². The normalized spacial score (nSPS) is 31.9. The smallest absolute Gasteiger partial charge is 0.146 e. The molecule has 1 aliphatic heterocycles. The van der Waals surface area contributed by atoms with Gasteiger partial charge in [-0.15, -0.1) is 0 Å². The van der Waals surface area contributed by atoms with Gasteiger partial charge in [-0.2, -0.15) is 0 Å². The number of allylic oxidation sites excluding steroid dienone is 1. The van der Waals surface area contributed by atoms with Crippen molar-refractivity contribution in [2.75, 3.05) is 26.4 Å². The summed E-state index contributed by atoms with van der Waals surface area (Å²) in [5.41, 5.74) is 6.41. The van der Waals surface area contributed by atoms with Crippen LogP contribution in [0.3, 0.4) is 0 Å². The van der Waals surface area contributed by atoms with Crippen molar-refractivity contribution < 1.29 is 18.9 Å². The van der Waals surface area contributed by atoms with Gasteiger partial charge in [0.15, 0.2) is 0 Å². The summed E-state index contributed by atoms with van der Waals surface area (Å²) >= 11 is 0. The standard InChI is InChI=1S/C12H17NO4/c13-10-1-2-11-12(9-10)17-8-6-15-4-3-14-5-7-16-11/h1-2,5,7,9,11-12H,3-4,6,8,13H2/b7-5-. The highest BCUT2D eigenvalue weighted by molar-refractivity contribution is 5.25. The molecular formula is C12H17NO4. The predicted octanol–water partition coefficient (Wildman–Crippen LogP) is 0.687. The lowest BCUT2D eigenvalue weighted by Gasteiger charge is -2.25. The maximum atomic E-state index is 5.72. The lowest BCUT2D eigenvalue weighted by molar-refractivity contribution is -0.0338. The van der Waals surface area contributed by atoms with Crippen LogP contribution in [0, 0.1) is 0 Å². The molecule has 5 heteroatoms. The molecule has 2 unspecified atom stereocenters. The zero-order valence-electron chi connectivity index (χ0n) is 9.58. The molecule has 1 heterocycles. The van der Waals surface area contributed by atoms with Crippen LogP contribution in [0.2, 0.25) is 0 Å². The van der Waals surface area contributed by atoms with Crippen molar-refractivity contribution >= 4 is 0 Å². The van der Waals surface area contributed by atoms with Gasteiger partial charge in [0.1, 0.15) is 31.3 Å². The van der Waals surface area contributed by atoms with E-state index in [-0.39, 0.29) is 12.2 Å². The summed E-state index contributed by atoms with van der Waals surface area (Å²) in [7, 11) is 0. The second-order valence-electron chi connectivity index (χ2n) is 3.72. The van der Waals surface area contributed by atoms with Gasteiger partial charge in [0.2, 0.25) is 0 Å². The number of hydrogen-bond acceptors (Lipinski definition) is 5. The van der Waals surface area contributed by atoms with Crippen molar-refractivity contribution in [3.63, 3.8) is 0 Å². The van der Waals surface area contributed by atoms with E-state index < -0.39 is 0 Å². The lowest BCUT2D eigenvalue weighted by atomic mass is 10.1. The molecule has 5 nitrogen and oxygen atoms in total. The van der Waals surface area contributed by atoms with Crippen LogP contribution in [0.4, 0.5) is 0 Å². The second kappa shape index (κ2) is 6.32. The third-order valence-electron chi connectivity index (χ3n) is 2.43. The summed E-state index contributed by atoms with van der Waals surface area (Å²) in [4.78, 5) is 0. The van der Waals surface area contributed by atoms with E-state index in [2.05, 4.69) is 0 Å². The maximum absolute atomic E-state index is 5.72. The third-order valence-corrected chi connectivity index (χ3v) is 2.43. The highest BCUT2D eigenvalue weighted by Crippen LogP contribution is 2.15. The minimum Gasteiger partial charge on any atom is -0.496 e. The molecule has 0 spiro atoms. The first-order valence-corrected chi connectivity index (χ1v) is 5.63. The van der Waals surface area contributed by atoms with Gasteiger partial charge in [-0.25, -0.2) is 0 Å². The average molecular weight is 239 g/mol. The highest BCUT2D eigenvalue weighted by atomic mass is 16.6. The van der Waals surface area contributed by atoms with Crippen LogP contribution in [0.25, 0.3) is 0 Å². The number of fused-ring (bicyclic) bond motifs is 1. The molecule has 2 aliphatic rings. The van der Waals surface area contributed by atoms with Crippen molar-refractivity contribution in [3.05, 3.63) is 36.4 Å². The number of nitrogens with two attached hydrogens (primary N) is 1. The van der Waals surface area contributed by atoms with Crippen LogP contribution >= 0.6 is 0 Å². The molecule has 0 aromatic heterocycles. The molecule has 0 saturated heterocycles. The van der Waals surface area contributed by atoms with Crippen molar-refractivity contribution in [2.24, 2.45) is 5.73 Å². The Balaban J connectivity index is 1.98. The van der Waals surface area contributed by atoms with Gasteiger partial charge in [0, 0.05) is 5.70 Å². The van der Waals surface area contributed by atoms with Gasteiger partial charge in [-0.3, -0.25) is 0 Å². The van der Waals surface area contributed by atoms with E-state index in [1.54, 1.807) is 0 Å². The van der Waals surface area contributed by atoms with E-state index in [1.807, 2.05) is 18.2 Å². The largest absolute Gasteiger partial charge is 0.496 e. The van der Waals surface area contributed by atoms with Crippen molar-refractivity contribution in [1.29, 1.82) is 0 Å². The van der Waals surface area contributed by atoms with E-state index in [0.717, 1.165) is 0 Å².